The van der Waals surface area contributed by atoms with Crippen molar-refractivity contribution >= 4 is 11.9 Å². The van der Waals surface area contributed by atoms with Gasteiger partial charge in [0, 0.05) is 12.7 Å². The molecule has 0 aliphatic carbocycles. The van der Waals surface area contributed by atoms with Crippen LogP contribution in [0, 0.1) is 17.1 Å². The molecule has 0 heterocycles. The van der Waals surface area contributed by atoms with E-state index in [9.17, 15) is 14.0 Å². The molecule has 3 N–H and O–H groups in total. The molecule has 0 bridgehead atoms. The Morgan fingerprint density at radius 3 is 2.71 bits per heavy atom. The summed E-state index contributed by atoms with van der Waals surface area (Å²) in [5.41, 5.74) is 0.275. The van der Waals surface area contributed by atoms with Crippen LogP contribution >= 0.6 is 0 Å². The molecule has 0 aromatic heterocycles. The van der Waals surface area contributed by atoms with E-state index in [1.165, 1.54) is 12.3 Å². The van der Waals surface area contributed by atoms with Gasteiger partial charge in [0.05, 0.1) is 0 Å². The molecule has 0 saturated heterocycles. The number of carbonyl (C=O) groups is 2. The fourth-order valence-electron chi connectivity index (χ4n) is 1.48. The Balaban J connectivity index is 2.47. The second-order valence-electron chi connectivity index (χ2n) is 4.04. The van der Waals surface area contributed by atoms with E-state index in [1.807, 2.05) is 0 Å². The zero-order valence-electron chi connectivity index (χ0n) is 11.1. The smallest absolute Gasteiger partial charge is 0.322 e. The summed E-state index contributed by atoms with van der Waals surface area (Å²) in [6, 6.07) is 7.96. The highest BCUT2D eigenvalue weighted by atomic mass is 19.1. The van der Waals surface area contributed by atoms with Gasteiger partial charge in [0.15, 0.2) is 0 Å². The van der Waals surface area contributed by atoms with Crippen molar-refractivity contribution in [2.24, 2.45) is 0 Å². The molecule has 7 heteroatoms. The Kier molecular flexibility index (Phi) is 6.41. The molecule has 0 aliphatic rings. The van der Waals surface area contributed by atoms with Crippen molar-refractivity contribution in [3.63, 3.8) is 0 Å². The van der Waals surface area contributed by atoms with Gasteiger partial charge in [0.25, 0.3) is 5.91 Å². The second-order valence-corrected chi connectivity index (χ2v) is 4.04. The van der Waals surface area contributed by atoms with Crippen molar-refractivity contribution in [2.45, 2.75) is 6.42 Å². The largest absolute Gasteiger partial charge is 0.480 e. The standard InChI is InChI=1S/C14H14FN3O3/c15-12-4-2-1-3-10(12)5-6-17-8-11(7-16)14(21)18-9-13(19)20/h1-4,8,17H,5-6,9H2,(H,18,21)(H,19,20)/b11-8-. The van der Waals surface area contributed by atoms with Gasteiger partial charge < -0.3 is 15.7 Å². The number of halogens is 1. The molecule has 1 aromatic carbocycles. The van der Waals surface area contributed by atoms with E-state index in [2.05, 4.69) is 10.6 Å². The van der Waals surface area contributed by atoms with Crippen LogP contribution in [0.2, 0.25) is 0 Å². The summed E-state index contributed by atoms with van der Waals surface area (Å²) >= 11 is 0. The lowest BCUT2D eigenvalue weighted by Crippen LogP contribution is -2.30. The highest BCUT2D eigenvalue weighted by molar-refractivity contribution is 5.98. The SMILES string of the molecule is N#C/C(=C/NCCc1ccccc1F)C(=O)NCC(=O)O. The van der Waals surface area contributed by atoms with Crippen LogP contribution in [0.3, 0.4) is 0 Å². The third-order valence-corrected chi connectivity index (χ3v) is 2.51. The van der Waals surface area contributed by atoms with Crippen molar-refractivity contribution in [2.75, 3.05) is 13.1 Å². The molecule has 6 nitrogen and oxygen atoms in total. The monoisotopic (exact) mass is 291 g/mol. The Morgan fingerprint density at radius 1 is 1.38 bits per heavy atom. The summed E-state index contributed by atoms with van der Waals surface area (Å²) in [5.74, 6) is -2.30. The summed E-state index contributed by atoms with van der Waals surface area (Å²) < 4.78 is 13.3. The fraction of sp³-hybridized carbons (Fsp3) is 0.214. The normalized spacial score (nSPS) is 10.6. The van der Waals surface area contributed by atoms with Crippen molar-refractivity contribution in [1.29, 1.82) is 5.26 Å². The molecule has 0 aliphatic heterocycles. The number of nitriles is 1. The van der Waals surface area contributed by atoms with Gasteiger partial charge in [-0.05, 0) is 18.1 Å². The van der Waals surface area contributed by atoms with E-state index in [0.717, 1.165) is 0 Å². The number of hydrogen-bond donors (Lipinski definition) is 3. The number of carboxylic acid groups (broad SMARTS) is 1. The Bertz CT molecular complexity index is 593. The topological polar surface area (TPSA) is 102 Å². The number of nitrogens with one attached hydrogen (secondary N) is 2. The molecule has 0 saturated carbocycles. The van der Waals surface area contributed by atoms with Crippen LogP contribution in [0.5, 0.6) is 0 Å². The van der Waals surface area contributed by atoms with Crippen LogP contribution in [-0.4, -0.2) is 30.1 Å². The molecule has 0 fully saturated rings. The third-order valence-electron chi connectivity index (χ3n) is 2.51. The molecular weight excluding hydrogens is 277 g/mol. The van der Waals surface area contributed by atoms with Crippen molar-refractivity contribution in [3.8, 4) is 6.07 Å². The average molecular weight is 291 g/mol. The molecule has 1 amide bonds. The number of benzene rings is 1. The van der Waals surface area contributed by atoms with Crippen LogP contribution in [-0.2, 0) is 16.0 Å². The fourth-order valence-corrected chi connectivity index (χ4v) is 1.48. The first-order valence-electron chi connectivity index (χ1n) is 6.11. The van der Waals surface area contributed by atoms with E-state index in [-0.39, 0.29) is 11.4 Å². The number of amides is 1. The molecular formula is C14H14FN3O3. The summed E-state index contributed by atoms with van der Waals surface area (Å²) in [4.78, 5) is 21.7. The highest BCUT2D eigenvalue weighted by Gasteiger charge is 2.09. The van der Waals surface area contributed by atoms with E-state index >= 15 is 0 Å². The molecule has 0 radical (unpaired) electrons. The minimum absolute atomic E-state index is 0.246. The maximum absolute atomic E-state index is 13.3. The second kappa shape index (κ2) is 8.32. The van der Waals surface area contributed by atoms with Gasteiger partial charge in [-0.25, -0.2) is 4.39 Å². The van der Waals surface area contributed by atoms with Gasteiger partial charge in [-0.15, -0.1) is 0 Å². The number of rotatable bonds is 7. The summed E-state index contributed by atoms with van der Waals surface area (Å²) in [6.45, 7) is -0.231. The molecule has 1 aromatic rings. The van der Waals surface area contributed by atoms with Crippen molar-refractivity contribution in [1.82, 2.24) is 10.6 Å². The lowest BCUT2D eigenvalue weighted by molar-refractivity contribution is -0.137. The van der Waals surface area contributed by atoms with Gasteiger partial charge in [0.2, 0.25) is 0 Å². The van der Waals surface area contributed by atoms with Crippen LogP contribution < -0.4 is 10.6 Å². The summed E-state index contributed by atoms with van der Waals surface area (Å²) in [6.07, 6.45) is 1.57. The van der Waals surface area contributed by atoms with Gasteiger partial charge in [-0.2, -0.15) is 5.26 Å². The predicted octanol–water partition coefficient (Wildman–Crippen LogP) is 0.566. The maximum Gasteiger partial charge on any atom is 0.322 e. The van der Waals surface area contributed by atoms with Gasteiger partial charge in [-0.1, -0.05) is 18.2 Å². The van der Waals surface area contributed by atoms with Gasteiger partial charge >= 0.3 is 5.97 Å². The first kappa shape index (κ1) is 16.2. The van der Waals surface area contributed by atoms with Gasteiger partial charge in [0.1, 0.15) is 24.0 Å². The van der Waals surface area contributed by atoms with E-state index in [4.69, 9.17) is 10.4 Å². The summed E-state index contributed by atoms with van der Waals surface area (Å²) in [7, 11) is 0. The minimum atomic E-state index is -1.20. The Labute approximate surface area is 120 Å². The zero-order valence-corrected chi connectivity index (χ0v) is 11.1. The quantitative estimate of drug-likeness (QED) is 0.387. The maximum atomic E-state index is 13.3. The average Bonchev–Trinajstić information content (AvgIpc) is 2.46. The minimum Gasteiger partial charge on any atom is -0.480 e. The van der Waals surface area contributed by atoms with E-state index in [1.54, 1.807) is 24.3 Å². The van der Waals surface area contributed by atoms with E-state index < -0.39 is 18.4 Å². The molecule has 0 unspecified atom stereocenters. The number of carbonyl (C=O) groups excluding carboxylic acids is 1. The highest BCUT2D eigenvalue weighted by Crippen LogP contribution is 2.06. The predicted molar refractivity (Wildman–Crippen MR) is 72.4 cm³/mol. The molecule has 21 heavy (non-hydrogen) atoms. The van der Waals surface area contributed by atoms with Crippen molar-refractivity contribution < 1.29 is 19.1 Å². The molecule has 0 atom stereocenters. The first-order chi connectivity index (χ1) is 10.0. The third kappa shape index (κ3) is 5.74. The number of hydrogen-bond acceptors (Lipinski definition) is 4. The van der Waals surface area contributed by atoms with Crippen LogP contribution in [0.25, 0.3) is 0 Å². The van der Waals surface area contributed by atoms with Crippen LogP contribution in [0.4, 0.5) is 4.39 Å². The number of aliphatic carboxylic acids is 1. The zero-order chi connectivity index (χ0) is 15.7. The van der Waals surface area contributed by atoms with Crippen molar-refractivity contribution in [3.05, 3.63) is 47.4 Å². The molecule has 110 valence electrons. The number of carboxylic acids is 1. The van der Waals surface area contributed by atoms with Crippen LogP contribution in [0.1, 0.15) is 5.56 Å². The first-order valence-corrected chi connectivity index (χ1v) is 6.11. The molecule has 1 rings (SSSR count). The summed E-state index contributed by atoms with van der Waals surface area (Å²) in [5, 5.41) is 22.0. The van der Waals surface area contributed by atoms with Crippen LogP contribution in [0.15, 0.2) is 36.0 Å². The lowest BCUT2D eigenvalue weighted by atomic mass is 10.1. The van der Waals surface area contributed by atoms with Gasteiger partial charge in [-0.3, -0.25) is 9.59 Å². The molecule has 0 spiro atoms. The Hall–Kier alpha value is -2.88. The van der Waals surface area contributed by atoms with E-state index in [0.29, 0.717) is 18.5 Å². The number of nitrogens with zero attached hydrogens (tertiary/aromatic N) is 1. The Morgan fingerprint density at radius 2 is 2.10 bits per heavy atom. The lowest BCUT2D eigenvalue weighted by Gasteiger charge is -2.04.